The highest BCUT2D eigenvalue weighted by Gasteiger charge is 2.65. The highest BCUT2D eigenvalue weighted by molar-refractivity contribution is 5.89. The van der Waals surface area contributed by atoms with Crippen LogP contribution in [0, 0.1) is 16.7 Å². The average Bonchev–Trinajstić information content (AvgIpc) is 3.02. The monoisotopic (exact) mass is 498 g/mol. The Morgan fingerprint density at radius 2 is 1.72 bits per heavy atom. The minimum absolute atomic E-state index is 0.222. The molecule has 0 spiro atoms. The molecule has 0 heterocycles. The molecule has 0 radical (unpaired) electrons. The first-order valence-electron chi connectivity index (χ1n) is 12.6. The molecule has 0 saturated heterocycles. The van der Waals surface area contributed by atoms with Crippen molar-refractivity contribution < 1.29 is 34.4 Å². The van der Waals surface area contributed by atoms with Crippen molar-refractivity contribution in [3.63, 3.8) is 0 Å². The van der Waals surface area contributed by atoms with E-state index in [-0.39, 0.29) is 12.3 Å². The molecule has 7 heteroatoms. The van der Waals surface area contributed by atoms with Crippen molar-refractivity contribution in [1.82, 2.24) is 0 Å². The van der Waals surface area contributed by atoms with Crippen LogP contribution >= 0.6 is 0 Å². The van der Waals surface area contributed by atoms with Crippen LogP contribution in [0.5, 0.6) is 0 Å². The molecule has 7 nitrogen and oxygen atoms in total. The molecule has 1 aromatic rings. The number of ether oxygens (including phenoxy) is 2. The van der Waals surface area contributed by atoms with Crippen LogP contribution in [0.2, 0.25) is 0 Å². The van der Waals surface area contributed by atoms with Gasteiger partial charge in [-0.25, -0.2) is 4.79 Å². The zero-order valence-corrected chi connectivity index (χ0v) is 21.8. The Morgan fingerprint density at radius 3 is 2.31 bits per heavy atom. The zero-order valence-electron chi connectivity index (χ0n) is 21.8. The molecule has 1 aromatic carbocycles. The van der Waals surface area contributed by atoms with Crippen LogP contribution in [-0.4, -0.2) is 57.3 Å². The second-order valence-electron chi connectivity index (χ2n) is 11.6. The molecule has 0 aromatic heterocycles. The van der Waals surface area contributed by atoms with Gasteiger partial charge in [0.1, 0.15) is 6.10 Å². The van der Waals surface area contributed by atoms with Gasteiger partial charge in [-0.15, -0.1) is 0 Å². The van der Waals surface area contributed by atoms with Crippen molar-refractivity contribution in [3.8, 4) is 0 Å². The SMILES string of the molecule is C=C1[C@H]2CC3(C(C)(C)O)C[C@H](O)C(C)=C3[C@@H](OC(=O)c3ccccc3)[C@H](OC(C)=O)[C@]2(C)CC[C@@H]1O. The number of carbonyl (C=O) groups is 2. The van der Waals surface area contributed by atoms with Gasteiger partial charge in [0, 0.05) is 17.8 Å². The Hall–Kier alpha value is -2.48. The third-order valence-corrected chi connectivity index (χ3v) is 9.08. The normalized spacial score (nSPS) is 36.6. The van der Waals surface area contributed by atoms with Gasteiger partial charge in [-0.2, -0.15) is 0 Å². The fourth-order valence-corrected chi connectivity index (χ4v) is 6.94. The summed E-state index contributed by atoms with van der Waals surface area (Å²) in [6.45, 7) is 12.7. The van der Waals surface area contributed by atoms with Gasteiger partial charge in [-0.05, 0) is 81.2 Å². The molecule has 2 fully saturated rings. The maximum atomic E-state index is 13.4. The van der Waals surface area contributed by atoms with E-state index in [1.54, 1.807) is 51.1 Å². The van der Waals surface area contributed by atoms with Gasteiger partial charge in [0.2, 0.25) is 0 Å². The molecule has 3 aliphatic rings. The van der Waals surface area contributed by atoms with Crippen LogP contribution in [0.15, 0.2) is 53.6 Å². The maximum Gasteiger partial charge on any atom is 0.338 e. The van der Waals surface area contributed by atoms with Gasteiger partial charge in [-0.1, -0.05) is 31.7 Å². The number of benzene rings is 1. The Kier molecular flexibility index (Phi) is 6.73. The summed E-state index contributed by atoms with van der Waals surface area (Å²) in [4.78, 5) is 25.9. The van der Waals surface area contributed by atoms with E-state index in [1.807, 2.05) is 6.92 Å². The van der Waals surface area contributed by atoms with Crippen LogP contribution in [0.25, 0.3) is 0 Å². The second kappa shape index (κ2) is 9.12. The molecule has 196 valence electrons. The van der Waals surface area contributed by atoms with Crippen molar-refractivity contribution in [3.05, 3.63) is 59.2 Å². The lowest BCUT2D eigenvalue weighted by atomic mass is 9.57. The largest absolute Gasteiger partial charge is 0.458 e. The van der Waals surface area contributed by atoms with Crippen LogP contribution in [0.4, 0.5) is 0 Å². The van der Waals surface area contributed by atoms with Crippen molar-refractivity contribution in [2.45, 2.75) is 90.3 Å². The minimum Gasteiger partial charge on any atom is -0.458 e. The number of aliphatic hydroxyl groups excluding tert-OH is 2. The molecule has 1 unspecified atom stereocenters. The molecule has 0 aliphatic heterocycles. The minimum atomic E-state index is -1.33. The van der Waals surface area contributed by atoms with E-state index >= 15 is 0 Å². The van der Waals surface area contributed by atoms with Gasteiger partial charge in [0.15, 0.2) is 6.10 Å². The summed E-state index contributed by atoms with van der Waals surface area (Å²) in [7, 11) is 0. The van der Waals surface area contributed by atoms with Crippen molar-refractivity contribution in [1.29, 1.82) is 0 Å². The number of esters is 2. The molecule has 0 amide bonds. The Labute approximate surface area is 212 Å². The fraction of sp³-hybridized carbons (Fsp3) is 0.586. The number of aliphatic hydroxyl groups is 3. The van der Waals surface area contributed by atoms with Gasteiger partial charge in [-0.3, -0.25) is 4.79 Å². The smallest absolute Gasteiger partial charge is 0.338 e. The fourth-order valence-electron chi connectivity index (χ4n) is 6.94. The first-order valence-corrected chi connectivity index (χ1v) is 12.6. The summed E-state index contributed by atoms with van der Waals surface area (Å²) in [6, 6.07) is 8.58. The molecule has 7 atom stereocenters. The van der Waals surface area contributed by atoms with Crippen LogP contribution in [0.3, 0.4) is 0 Å². The quantitative estimate of drug-likeness (QED) is 0.428. The summed E-state index contributed by atoms with van der Waals surface area (Å²) >= 11 is 0. The van der Waals surface area contributed by atoms with E-state index in [2.05, 4.69) is 6.58 Å². The van der Waals surface area contributed by atoms with Gasteiger partial charge >= 0.3 is 11.9 Å². The predicted octanol–water partition coefficient (Wildman–Crippen LogP) is 3.72. The van der Waals surface area contributed by atoms with Crippen molar-refractivity contribution in [2.24, 2.45) is 16.7 Å². The third kappa shape index (κ3) is 4.11. The van der Waals surface area contributed by atoms with Gasteiger partial charge in [0.25, 0.3) is 0 Å². The molecular formula is C29H38O7. The first-order chi connectivity index (χ1) is 16.7. The van der Waals surface area contributed by atoms with E-state index < -0.39 is 52.8 Å². The molecule has 3 N–H and O–H groups in total. The standard InChI is InChI=1S/C29H38O7/c1-16-20-14-29(27(4,5)34)15-22(32)17(2)23(29)24(36-26(33)19-10-8-7-9-11-19)25(35-18(3)30)28(20,6)13-12-21(16)31/h7-11,20-22,24-25,31-32,34H,1,12-15H2,2-6H3/t20-,21+,22+,24-,25+,28-,29?/m1/s1. The van der Waals surface area contributed by atoms with Crippen LogP contribution in [0.1, 0.15) is 70.7 Å². The lowest BCUT2D eigenvalue weighted by molar-refractivity contribution is -0.167. The number of rotatable bonds is 4. The lowest BCUT2D eigenvalue weighted by Crippen LogP contribution is -2.52. The summed E-state index contributed by atoms with van der Waals surface area (Å²) in [5, 5.41) is 33.5. The zero-order chi connectivity index (χ0) is 26.6. The van der Waals surface area contributed by atoms with Crippen LogP contribution in [-0.2, 0) is 14.3 Å². The van der Waals surface area contributed by atoms with Crippen molar-refractivity contribution >= 4 is 11.9 Å². The predicted molar refractivity (Wildman–Crippen MR) is 134 cm³/mol. The molecule has 0 bridgehead atoms. The third-order valence-electron chi connectivity index (χ3n) is 9.08. The molecule has 36 heavy (non-hydrogen) atoms. The molecule has 2 saturated carbocycles. The Morgan fingerprint density at radius 1 is 1.08 bits per heavy atom. The highest BCUT2D eigenvalue weighted by atomic mass is 16.6. The molecular weight excluding hydrogens is 460 g/mol. The summed E-state index contributed by atoms with van der Waals surface area (Å²) in [5.74, 6) is -1.46. The van der Waals surface area contributed by atoms with Gasteiger partial charge in [0.05, 0.1) is 23.4 Å². The van der Waals surface area contributed by atoms with E-state index in [0.29, 0.717) is 41.5 Å². The van der Waals surface area contributed by atoms with E-state index in [1.165, 1.54) is 6.92 Å². The average molecular weight is 499 g/mol. The Balaban J connectivity index is 1.97. The lowest BCUT2D eigenvalue weighted by Gasteiger charge is -2.50. The van der Waals surface area contributed by atoms with E-state index in [4.69, 9.17) is 9.47 Å². The van der Waals surface area contributed by atoms with E-state index in [9.17, 15) is 24.9 Å². The number of carbonyl (C=O) groups excluding carboxylic acids is 2. The number of hydrogen-bond donors (Lipinski definition) is 3. The van der Waals surface area contributed by atoms with Crippen LogP contribution < -0.4 is 0 Å². The molecule has 4 rings (SSSR count). The van der Waals surface area contributed by atoms with Gasteiger partial charge < -0.3 is 24.8 Å². The van der Waals surface area contributed by atoms with Crippen molar-refractivity contribution in [2.75, 3.05) is 0 Å². The number of fused-ring (bicyclic) bond motifs is 2. The topological polar surface area (TPSA) is 113 Å². The summed E-state index contributed by atoms with van der Waals surface area (Å²) < 4.78 is 12.2. The maximum absolute atomic E-state index is 13.4. The summed E-state index contributed by atoms with van der Waals surface area (Å²) in [6.07, 6.45) is -2.02. The number of hydrogen-bond acceptors (Lipinski definition) is 7. The highest BCUT2D eigenvalue weighted by Crippen LogP contribution is 2.64. The summed E-state index contributed by atoms with van der Waals surface area (Å²) in [5.41, 5.74) is -0.905. The van der Waals surface area contributed by atoms with E-state index in [0.717, 1.165) is 0 Å². The first kappa shape index (κ1) is 26.6. The Bertz CT molecular complexity index is 1080. The second-order valence-corrected chi connectivity index (χ2v) is 11.6. The molecule has 3 aliphatic carbocycles.